The minimum atomic E-state index is 0.00354. The lowest BCUT2D eigenvalue weighted by molar-refractivity contribution is 0.143. The molecule has 0 bridgehead atoms. The van der Waals surface area contributed by atoms with E-state index in [1.54, 1.807) is 13.3 Å². The van der Waals surface area contributed by atoms with Gasteiger partial charge < -0.3 is 19.7 Å². The Labute approximate surface area is 138 Å². The van der Waals surface area contributed by atoms with E-state index in [4.69, 9.17) is 9.47 Å². The molecule has 1 fully saturated rings. The molecule has 2 rings (SSSR count). The van der Waals surface area contributed by atoms with E-state index in [2.05, 4.69) is 24.1 Å². The second-order valence-electron chi connectivity index (χ2n) is 6.36. The summed E-state index contributed by atoms with van der Waals surface area (Å²) >= 11 is 0. The topological polar surface area (TPSA) is 63.7 Å². The molecule has 2 heterocycles. The number of piperidine rings is 1. The molecule has 1 saturated heterocycles. The maximum atomic E-state index is 12.3. The lowest BCUT2D eigenvalue weighted by Crippen LogP contribution is -2.47. The molecule has 0 radical (unpaired) electrons. The van der Waals surface area contributed by atoms with Crippen LogP contribution in [0.5, 0.6) is 5.88 Å². The Balaban J connectivity index is 1.77. The highest BCUT2D eigenvalue weighted by atomic mass is 16.5. The van der Waals surface area contributed by atoms with Crippen LogP contribution in [0.3, 0.4) is 0 Å². The monoisotopic (exact) mass is 321 g/mol. The molecule has 128 valence electrons. The van der Waals surface area contributed by atoms with E-state index in [9.17, 15) is 4.79 Å². The number of likely N-dealkylation sites (tertiary alicyclic amines) is 1. The summed E-state index contributed by atoms with van der Waals surface area (Å²) in [7, 11) is 1.63. The minimum absolute atomic E-state index is 0.00354. The van der Waals surface area contributed by atoms with Crippen molar-refractivity contribution in [1.29, 1.82) is 0 Å². The van der Waals surface area contributed by atoms with E-state index in [1.165, 1.54) is 6.42 Å². The number of pyridine rings is 1. The molecule has 2 atom stereocenters. The fourth-order valence-corrected chi connectivity index (χ4v) is 2.95. The van der Waals surface area contributed by atoms with E-state index in [0.717, 1.165) is 18.7 Å². The number of methoxy groups -OCH3 is 1. The summed E-state index contributed by atoms with van der Waals surface area (Å²) in [5.74, 6) is 1.69. The molecule has 23 heavy (non-hydrogen) atoms. The first-order valence-electron chi connectivity index (χ1n) is 8.18. The second kappa shape index (κ2) is 8.72. The van der Waals surface area contributed by atoms with Crippen LogP contribution in [0.4, 0.5) is 4.79 Å². The predicted octanol–water partition coefficient (Wildman–Crippen LogP) is 2.29. The lowest BCUT2D eigenvalue weighted by atomic mass is 9.92. The molecule has 0 saturated carbocycles. The molecule has 2 amide bonds. The van der Waals surface area contributed by atoms with Crippen molar-refractivity contribution >= 4 is 6.03 Å². The SMILES string of the molecule is COCCOc1ccc(CNC(=O)N2CC(C)CC(C)C2)cn1. The van der Waals surface area contributed by atoms with Crippen LogP contribution in [0.2, 0.25) is 0 Å². The van der Waals surface area contributed by atoms with Gasteiger partial charge >= 0.3 is 6.03 Å². The van der Waals surface area contributed by atoms with Gasteiger partial charge in [0.1, 0.15) is 6.61 Å². The minimum Gasteiger partial charge on any atom is -0.475 e. The van der Waals surface area contributed by atoms with Crippen molar-refractivity contribution in [2.45, 2.75) is 26.8 Å². The number of nitrogens with one attached hydrogen (secondary N) is 1. The van der Waals surface area contributed by atoms with Gasteiger partial charge in [0.05, 0.1) is 6.61 Å². The summed E-state index contributed by atoms with van der Waals surface area (Å²) in [4.78, 5) is 18.4. The third-order valence-electron chi connectivity index (χ3n) is 3.93. The number of carbonyl (C=O) groups is 1. The Kier molecular flexibility index (Phi) is 6.65. The smallest absolute Gasteiger partial charge is 0.317 e. The van der Waals surface area contributed by atoms with Gasteiger partial charge in [0.2, 0.25) is 5.88 Å². The number of amides is 2. The van der Waals surface area contributed by atoms with Gasteiger partial charge in [-0.25, -0.2) is 9.78 Å². The van der Waals surface area contributed by atoms with E-state index in [1.807, 2.05) is 17.0 Å². The van der Waals surface area contributed by atoms with Crippen LogP contribution < -0.4 is 10.1 Å². The molecular formula is C17H27N3O3. The van der Waals surface area contributed by atoms with Crippen molar-refractivity contribution < 1.29 is 14.3 Å². The molecule has 1 N–H and O–H groups in total. The summed E-state index contributed by atoms with van der Waals surface area (Å²) in [5, 5.41) is 2.97. The van der Waals surface area contributed by atoms with Gasteiger partial charge in [0.25, 0.3) is 0 Å². The Morgan fingerprint density at radius 3 is 2.65 bits per heavy atom. The largest absolute Gasteiger partial charge is 0.475 e. The number of aromatic nitrogens is 1. The molecule has 1 aromatic heterocycles. The van der Waals surface area contributed by atoms with Gasteiger partial charge in [-0.2, -0.15) is 0 Å². The molecular weight excluding hydrogens is 294 g/mol. The number of nitrogens with zero attached hydrogens (tertiary/aromatic N) is 2. The van der Waals surface area contributed by atoms with Crippen LogP contribution in [0.15, 0.2) is 18.3 Å². The predicted molar refractivity (Wildman–Crippen MR) is 88.4 cm³/mol. The van der Waals surface area contributed by atoms with Crippen molar-refractivity contribution in [2.24, 2.45) is 11.8 Å². The van der Waals surface area contributed by atoms with Gasteiger partial charge in [-0.15, -0.1) is 0 Å². The second-order valence-corrected chi connectivity index (χ2v) is 6.36. The third kappa shape index (κ3) is 5.71. The number of urea groups is 1. The van der Waals surface area contributed by atoms with Crippen molar-refractivity contribution in [2.75, 3.05) is 33.4 Å². The Bertz CT molecular complexity index is 482. The van der Waals surface area contributed by atoms with Crippen LogP contribution in [-0.2, 0) is 11.3 Å². The highest BCUT2D eigenvalue weighted by molar-refractivity contribution is 5.74. The highest BCUT2D eigenvalue weighted by Gasteiger charge is 2.25. The first-order valence-corrected chi connectivity index (χ1v) is 8.18. The lowest BCUT2D eigenvalue weighted by Gasteiger charge is -2.34. The van der Waals surface area contributed by atoms with Gasteiger partial charge in [-0.1, -0.05) is 19.9 Å². The summed E-state index contributed by atoms with van der Waals surface area (Å²) in [5.41, 5.74) is 0.954. The molecule has 0 aromatic carbocycles. The first-order chi connectivity index (χ1) is 11.1. The standard InChI is InChI=1S/C17H27N3O3/c1-13-8-14(2)12-20(11-13)17(21)19-10-15-4-5-16(18-9-15)23-7-6-22-3/h4-5,9,13-14H,6-8,10-12H2,1-3H3,(H,19,21). The number of hydrogen-bond donors (Lipinski definition) is 1. The van der Waals surface area contributed by atoms with E-state index in [-0.39, 0.29) is 6.03 Å². The van der Waals surface area contributed by atoms with Crippen LogP contribution in [0.25, 0.3) is 0 Å². The van der Waals surface area contributed by atoms with Crippen molar-refractivity contribution in [3.05, 3.63) is 23.9 Å². The molecule has 1 aliphatic rings. The fourth-order valence-electron chi connectivity index (χ4n) is 2.95. The van der Waals surface area contributed by atoms with Crippen LogP contribution in [-0.4, -0.2) is 49.3 Å². The average molecular weight is 321 g/mol. The van der Waals surface area contributed by atoms with Crippen molar-refractivity contribution in [3.63, 3.8) is 0 Å². The zero-order chi connectivity index (χ0) is 16.7. The number of rotatable bonds is 6. The molecule has 6 heteroatoms. The van der Waals surface area contributed by atoms with Gasteiger partial charge in [-0.3, -0.25) is 0 Å². The van der Waals surface area contributed by atoms with E-state index >= 15 is 0 Å². The van der Waals surface area contributed by atoms with E-state index in [0.29, 0.717) is 37.5 Å². The fraction of sp³-hybridized carbons (Fsp3) is 0.647. The van der Waals surface area contributed by atoms with Gasteiger partial charge in [0, 0.05) is 39.0 Å². The van der Waals surface area contributed by atoms with Crippen molar-refractivity contribution in [3.8, 4) is 5.88 Å². The maximum Gasteiger partial charge on any atom is 0.317 e. The third-order valence-corrected chi connectivity index (χ3v) is 3.93. The Morgan fingerprint density at radius 1 is 1.30 bits per heavy atom. The summed E-state index contributed by atoms with van der Waals surface area (Å²) < 4.78 is 10.3. The molecule has 6 nitrogen and oxygen atoms in total. The quantitative estimate of drug-likeness (QED) is 0.817. The summed E-state index contributed by atoms with van der Waals surface area (Å²) in [6.07, 6.45) is 2.92. The van der Waals surface area contributed by atoms with Crippen molar-refractivity contribution in [1.82, 2.24) is 15.2 Å². The summed E-state index contributed by atoms with van der Waals surface area (Å²) in [6, 6.07) is 3.72. The highest BCUT2D eigenvalue weighted by Crippen LogP contribution is 2.20. The summed E-state index contributed by atoms with van der Waals surface area (Å²) in [6.45, 7) is 7.55. The molecule has 0 spiro atoms. The van der Waals surface area contributed by atoms with Crippen LogP contribution in [0.1, 0.15) is 25.8 Å². The first kappa shape index (κ1) is 17.5. The number of carbonyl (C=O) groups excluding carboxylic acids is 1. The molecule has 1 aliphatic heterocycles. The zero-order valence-electron chi connectivity index (χ0n) is 14.2. The Morgan fingerprint density at radius 2 is 2.04 bits per heavy atom. The Hall–Kier alpha value is -1.82. The maximum absolute atomic E-state index is 12.3. The van der Waals surface area contributed by atoms with Gasteiger partial charge in [0.15, 0.2) is 0 Å². The van der Waals surface area contributed by atoms with E-state index < -0.39 is 0 Å². The molecule has 2 unspecified atom stereocenters. The zero-order valence-corrected chi connectivity index (χ0v) is 14.2. The van der Waals surface area contributed by atoms with Gasteiger partial charge in [-0.05, 0) is 23.8 Å². The average Bonchev–Trinajstić information content (AvgIpc) is 2.53. The van der Waals surface area contributed by atoms with Crippen LogP contribution >= 0.6 is 0 Å². The van der Waals surface area contributed by atoms with Crippen LogP contribution in [0, 0.1) is 11.8 Å². The molecule has 1 aromatic rings. The number of ether oxygens (including phenoxy) is 2. The molecule has 0 aliphatic carbocycles. The number of hydrogen-bond acceptors (Lipinski definition) is 4. The normalized spacial score (nSPS) is 21.1.